The molecule has 2 N–H and O–H groups in total. The number of rotatable bonds is 6. The second-order valence-electron chi connectivity index (χ2n) is 7.19. The smallest absolute Gasteiger partial charge is 0.348 e. The Bertz CT molecular complexity index is 1040. The van der Waals surface area contributed by atoms with Crippen LogP contribution in [-0.2, 0) is 14.8 Å². The van der Waals surface area contributed by atoms with Crippen molar-refractivity contribution in [2.75, 3.05) is 45.2 Å². The number of piperazine rings is 1. The summed E-state index contributed by atoms with van der Waals surface area (Å²) in [6, 6.07) is 7.72. The van der Waals surface area contributed by atoms with Crippen LogP contribution >= 0.6 is 11.3 Å². The van der Waals surface area contributed by atoms with Crippen LogP contribution in [0.15, 0.2) is 35.2 Å². The molecule has 1 saturated heterocycles. The van der Waals surface area contributed by atoms with E-state index in [1.807, 2.05) is 7.05 Å². The van der Waals surface area contributed by atoms with Gasteiger partial charge in [0.25, 0.3) is 5.91 Å². The van der Waals surface area contributed by atoms with E-state index in [1.165, 1.54) is 21.3 Å². The molecule has 1 aliphatic heterocycles. The van der Waals surface area contributed by atoms with Crippen LogP contribution in [0.1, 0.15) is 32.5 Å². The molecule has 0 saturated carbocycles. The van der Waals surface area contributed by atoms with Gasteiger partial charge in [0.05, 0.1) is 49.7 Å². The lowest BCUT2D eigenvalue weighted by Crippen LogP contribution is -3.12. The molecule has 1 amide bonds. The molecule has 2 heterocycles. The Labute approximate surface area is 180 Å². The number of ether oxygens (including phenoxy) is 1. The van der Waals surface area contributed by atoms with Gasteiger partial charge >= 0.3 is 5.97 Å². The standard InChI is InChI=1S/C20H25N3O5S2/c1-4-28-20(25)18-14(2)12-17(29-18)21-19(24)15-6-5-7-16(13-15)30(26,27)23-10-8-22(3)9-11-23/h5-7,12-13H,4,8-11H2,1-3H3,(H,21,24)/p+1. The van der Waals surface area contributed by atoms with E-state index >= 15 is 0 Å². The average Bonchev–Trinajstić information content (AvgIpc) is 3.08. The fraction of sp³-hybridized carbons (Fsp3) is 0.400. The van der Waals surface area contributed by atoms with Gasteiger partial charge in [-0.25, -0.2) is 13.2 Å². The molecule has 1 fully saturated rings. The van der Waals surface area contributed by atoms with Crippen LogP contribution in [0.3, 0.4) is 0 Å². The average molecular weight is 453 g/mol. The van der Waals surface area contributed by atoms with Crippen molar-refractivity contribution >= 4 is 38.2 Å². The van der Waals surface area contributed by atoms with E-state index in [1.54, 1.807) is 32.0 Å². The number of quaternary nitrogens is 1. The highest BCUT2D eigenvalue weighted by Gasteiger charge is 2.29. The molecule has 0 radical (unpaired) electrons. The van der Waals surface area contributed by atoms with E-state index in [0.29, 0.717) is 28.5 Å². The normalized spacial score (nSPS) is 15.7. The predicted octanol–water partition coefficient (Wildman–Crippen LogP) is 1.00. The number of aryl methyl sites for hydroxylation is 1. The number of likely N-dealkylation sites (N-methyl/N-ethyl adjacent to an activating group) is 1. The quantitative estimate of drug-likeness (QED) is 0.638. The molecule has 1 aliphatic rings. The number of sulfonamides is 1. The van der Waals surface area contributed by atoms with Crippen LogP contribution in [0.2, 0.25) is 0 Å². The van der Waals surface area contributed by atoms with E-state index in [-0.39, 0.29) is 17.1 Å². The molecule has 0 atom stereocenters. The zero-order valence-corrected chi connectivity index (χ0v) is 18.9. The number of hydrogen-bond acceptors (Lipinski definition) is 6. The summed E-state index contributed by atoms with van der Waals surface area (Å²) in [6.07, 6.45) is 0. The van der Waals surface area contributed by atoms with Crippen molar-refractivity contribution in [2.45, 2.75) is 18.7 Å². The van der Waals surface area contributed by atoms with Gasteiger partial charge in [0.1, 0.15) is 4.88 Å². The molecule has 10 heteroatoms. The molecule has 1 aromatic heterocycles. The number of nitrogens with one attached hydrogen (secondary N) is 2. The van der Waals surface area contributed by atoms with Crippen molar-refractivity contribution in [3.05, 3.63) is 46.3 Å². The first-order valence-electron chi connectivity index (χ1n) is 9.72. The number of hydrogen-bond donors (Lipinski definition) is 2. The highest BCUT2D eigenvalue weighted by Crippen LogP contribution is 2.28. The maximum absolute atomic E-state index is 12.9. The van der Waals surface area contributed by atoms with Gasteiger partial charge in [-0.1, -0.05) is 6.07 Å². The molecule has 2 aromatic rings. The van der Waals surface area contributed by atoms with Crippen LogP contribution in [0.4, 0.5) is 5.00 Å². The minimum atomic E-state index is -3.65. The Morgan fingerprint density at radius 2 is 1.93 bits per heavy atom. The molecule has 0 unspecified atom stereocenters. The van der Waals surface area contributed by atoms with Crippen molar-refractivity contribution in [1.82, 2.24) is 4.31 Å². The molecule has 3 rings (SSSR count). The first-order chi connectivity index (χ1) is 14.2. The first kappa shape index (κ1) is 22.4. The number of benzene rings is 1. The molecule has 8 nitrogen and oxygen atoms in total. The fourth-order valence-corrected chi connectivity index (χ4v) is 5.63. The second kappa shape index (κ2) is 9.25. The highest BCUT2D eigenvalue weighted by molar-refractivity contribution is 7.89. The molecule has 0 bridgehead atoms. The minimum absolute atomic E-state index is 0.101. The molecular formula is C20H26N3O5S2+. The van der Waals surface area contributed by atoms with Gasteiger partial charge in [-0.3, -0.25) is 4.79 Å². The molecule has 0 spiro atoms. The van der Waals surface area contributed by atoms with Crippen molar-refractivity contribution in [3.63, 3.8) is 0 Å². The Kier molecular flexibility index (Phi) is 6.91. The van der Waals surface area contributed by atoms with E-state index in [0.717, 1.165) is 24.4 Å². The molecular weight excluding hydrogens is 426 g/mol. The summed E-state index contributed by atoms with van der Waals surface area (Å²) in [5, 5.41) is 3.24. The SMILES string of the molecule is CCOC(=O)c1sc(NC(=O)c2cccc(S(=O)(=O)N3CC[NH+](C)CC3)c2)cc1C. The van der Waals surface area contributed by atoms with Gasteiger partial charge in [0.2, 0.25) is 10.0 Å². The van der Waals surface area contributed by atoms with E-state index in [2.05, 4.69) is 5.32 Å². The third-order valence-corrected chi connectivity index (χ3v) is 7.95. The lowest BCUT2D eigenvalue weighted by molar-refractivity contribution is -0.883. The summed E-state index contributed by atoms with van der Waals surface area (Å²) < 4.78 is 32.4. The van der Waals surface area contributed by atoms with Crippen LogP contribution < -0.4 is 10.2 Å². The predicted molar refractivity (Wildman–Crippen MR) is 115 cm³/mol. The summed E-state index contributed by atoms with van der Waals surface area (Å²) in [5.74, 6) is -0.867. The van der Waals surface area contributed by atoms with Gasteiger partial charge in [-0.2, -0.15) is 4.31 Å². The van der Waals surface area contributed by atoms with Crippen LogP contribution in [0, 0.1) is 6.92 Å². The Balaban J connectivity index is 1.77. The molecule has 1 aromatic carbocycles. The highest BCUT2D eigenvalue weighted by atomic mass is 32.2. The van der Waals surface area contributed by atoms with E-state index < -0.39 is 21.9 Å². The number of nitrogens with zero attached hydrogens (tertiary/aromatic N) is 1. The largest absolute Gasteiger partial charge is 0.462 e. The fourth-order valence-electron chi connectivity index (χ4n) is 3.18. The van der Waals surface area contributed by atoms with Crippen molar-refractivity contribution in [1.29, 1.82) is 0 Å². The number of amides is 1. The maximum Gasteiger partial charge on any atom is 0.348 e. The van der Waals surface area contributed by atoms with E-state index in [9.17, 15) is 18.0 Å². The van der Waals surface area contributed by atoms with Crippen molar-refractivity contribution in [2.24, 2.45) is 0 Å². The number of carbonyl (C=O) groups is 2. The van der Waals surface area contributed by atoms with Crippen molar-refractivity contribution < 1.29 is 27.6 Å². The van der Waals surface area contributed by atoms with Gasteiger partial charge < -0.3 is 15.0 Å². The van der Waals surface area contributed by atoms with E-state index in [4.69, 9.17) is 4.74 Å². The summed E-state index contributed by atoms with van der Waals surface area (Å²) in [5.41, 5.74) is 0.946. The second-order valence-corrected chi connectivity index (χ2v) is 10.2. The molecule has 0 aliphatic carbocycles. The van der Waals surface area contributed by atoms with Crippen LogP contribution in [-0.4, -0.2) is 64.4 Å². The van der Waals surface area contributed by atoms with Gasteiger partial charge in [-0.05, 0) is 43.7 Å². The Morgan fingerprint density at radius 1 is 1.23 bits per heavy atom. The third-order valence-electron chi connectivity index (χ3n) is 4.93. The lowest BCUT2D eigenvalue weighted by atomic mass is 10.2. The third kappa shape index (κ3) is 4.89. The lowest BCUT2D eigenvalue weighted by Gasteiger charge is -2.29. The Morgan fingerprint density at radius 3 is 2.60 bits per heavy atom. The minimum Gasteiger partial charge on any atom is -0.462 e. The molecule has 30 heavy (non-hydrogen) atoms. The van der Waals surface area contributed by atoms with Gasteiger partial charge in [0.15, 0.2) is 0 Å². The zero-order chi connectivity index (χ0) is 21.9. The maximum atomic E-state index is 12.9. The zero-order valence-electron chi connectivity index (χ0n) is 17.2. The summed E-state index contributed by atoms with van der Waals surface area (Å²) >= 11 is 1.13. The van der Waals surface area contributed by atoms with Crippen molar-refractivity contribution in [3.8, 4) is 0 Å². The summed E-state index contributed by atoms with van der Waals surface area (Å²) in [6.45, 7) is 6.18. The Hall–Kier alpha value is -2.27. The molecule has 162 valence electrons. The number of thiophene rings is 1. The summed E-state index contributed by atoms with van der Waals surface area (Å²) in [4.78, 5) is 26.5. The van der Waals surface area contributed by atoms with Crippen LogP contribution in [0.5, 0.6) is 0 Å². The van der Waals surface area contributed by atoms with Gasteiger partial charge in [-0.15, -0.1) is 11.3 Å². The van der Waals surface area contributed by atoms with Crippen LogP contribution in [0.25, 0.3) is 0 Å². The monoisotopic (exact) mass is 452 g/mol. The summed E-state index contributed by atoms with van der Waals surface area (Å²) in [7, 11) is -1.62. The van der Waals surface area contributed by atoms with Gasteiger partial charge in [0, 0.05) is 5.56 Å². The number of carbonyl (C=O) groups excluding carboxylic acids is 2. The number of anilines is 1. The topological polar surface area (TPSA) is 97.2 Å². The number of esters is 1. The first-order valence-corrected chi connectivity index (χ1v) is 12.0.